The van der Waals surface area contributed by atoms with Gasteiger partial charge in [0.25, 0.3) is 0 Å². The number of aromatic nitrogens is 1. The van der Waals surface area contributed by atoms with E-state index in [1.165, 1.54) is 12.0 Å². The van der Waals surface area contributed by atoms with Crippen molar-refractivity contribution in [2.75, 3.05) is 7.11 Å². The zero-order chi connectivity index (χ0) is 18.7. The van der Waals surface area contributed by atoms with Crippen molar-refractivity contribution in [3.63, 3.8) is 0 Å². The Morgan fingerprint density at radius 2 is 2.08 bits per heavy atom. The van der Waals surface area contributed by atoms with Gasteiger partial charge in [0.05, 0.1) is 24.2 Å². The molecule has 1 aromatic carbocycles. The Morgan fingerprint density at radius 1 is 1.31 bits per heavy atom. The second-order valence-electron chi connectivity index (χ2n) is 6.26. The topological polar surface area (TPSA) is 60.2 Å². The minimum absolute atomic E-state index is 0.416. The molecule has 0 bridgehead atoms. The number of nitrogens with two attached hydrogens (primary N) is 1. The molecule has 1 aliphatic carbocycles. The number of allylic oxidation sites excluding steroid dienone is 2. The van der Waals surface area contributed by atoms with E-state index in [4.69, 9.17) is 33.7 Å². The third kappa shape index (κ3) is 3.97. The van der Waals surface area contributed by atoms with Crippen LogP contribution in [0.25, 0.3) is 11.1 Å². The molecule has 1 fully saturated rings. The molecular formula is C20H21Cl2N3O. The molecule has 0 amide bonds. The van der Waals surface area contributed by atoms with Crippen LogP contribution in [0.1, 0.15) is 24.8 Å². The van der Waals surface area contributed by atoms with E-state index in [-0.39, 0.29) is 0 Å². The summed E-state index contributed by atoms with van der Waals surface area (Å²) in [6.07, 6.45) is 7.30. The van der Waals surface area contributed by atoms with E-state index >= 15 is 0 Å². The molecule has 0 radical (unpaired) electrons. The number of pyridine rings is 1. The van der Waals surface area contributed by atoms with Gasteiger partial charge in [-0.25, -0.2) is 0 Å². The zero-order valence-corrected chi connectivity index (χ0v) is 16.1. The summed E-state index contributed by atoms with van der Waals surface area (Å²) in [6, 6.07) is 5.66. The van der Waals surface area contributed by atoms with Crippen LogP contribution in [0.4, 0.5) is 0 Å². The Labute approximate surface area is 163 Å². The molecule has 1 saturated carbocycles. The number of ether oxygens (including phenoxy) is 1. The molecule has 0 atom stereocenters. The fourth-order valence-corrected chi connectivity index (χ4v) is 3.56. The molecule has 26 heavy (non-hydrogen) atoms. The molecule has 3 N–H and O–H groups in total. The van der Waals surface area contributed by atoms with Crippen LogP contribution in [0.5, 0.6) is 5.75 Å². The highest BCUT2D eigenvalue weighted by molar-refractivity contribution is 6.37. The summed E-state index contributed by atoms with van der Waals surface area (Å²) < 4.78 is 5.26. The maximum absolute atomic E-state index is 6.73. The Morgan fingerprint density at radius 3 is 2.69 bits per heavy atom. The zero-order valence-electron chi connectivity index (χ0n) is 14.6. The number of methoxy groups -OCH3 is 1. The van der Waals surface area contributed by atoms with Crippen molar-refractivity contribution in [1.29, 1.82) is 0 Å². The van der Waals surface area contributed by atoms with Crippen LogP contribution in [-0.4, -0.2) is 12.1 Å². The summed E-state index contributed by atoms with van der Waals surface area (Å²) >= 11 is 13.2. The van der Waals surface area contributed by atoms with Gasteiger partial charge in [-0.3, -0.25) is 4.98 Å². The minimum atomic E-state index is 0.416. The largest absolute Gasteiger partial charge is 0.495 e. The summed E-state index contributed by atoms with van der Waals surface area (Å²) in [5.41, 5.74) is 10.7. The van der Waals surface area contributed by atoms with E-state index in [9.17, 15) is 0 Å². The van der Waals surface area contributed by atoms with Gasteiger partial charge in [0.15, 0.2) is 0 Å². The van der Waals surface area contributed by atoms with Crippen LogP contribution in [0.2, 0.25) is 10.0 Å². The third-order valence-corrected chi connectivity index (χ3v) is 5.28. The Balaban J connectivity index is 2.01. The number of rotatable bonds is 6. The standard InChI is InChI=1S/C20H21Cl2N3O/c1-12(23)25-19(13-4-3-5-13)9-17-18(21)7-6-16(20(17)22)14-8-15(26-2)11-24-10-14/h6-8,10-11,25H,1,3-5,9,23H2,2H3. The first kappa shape index (κ1) is 18.6. The molecule has 2 aromatic rings. The van der Waals surface area contributed by atoms with Gasteiger partial charge in [-0.05, 0) is 37.0 Å². The minimum Gasteiger partial charge on any atom is -0.495 e. The first-order valence-corrected chi connectivity index (χ1v) is 9.13. The lowest BCUT2D eigenvalue weighted by molar-refractivity contribution is 0.413. The fraction of sp³-hybridized carbons (Fsp3) is 0.250. The Bertz CT molecular complexity index is 871. The molecule has 1 aliphatic rings. The quantitative estimate of drug-likeness (QED) is 0.724. The average molecular weight is 390 g/mol. The lowest BCUT2D eigenvalue weighted by Crippen LogP contribution is -2.23. The van der Waals surface area contributed by atoms with Crippen molar-refractivity contribution in [2.45, 2.75) is 25.7 Å². The van der Waals surface area contributed by atoms with Crippen LogP contribution in [0.15, 0.2) is 54.3 Å². The van der Waals surface area contributed by atoms with Crippen LogP contribution in [0.3, 0.4) is 0 Å². The van der Waals surface area contributed by atoms with Gasteiger partial charge in [0, 0.05) is 34.5 Å². The highest BCUT2D eigenvalue weighted by atomic mass is 35.5. The second-order valence-corrected chi connectivity index (χ2v) is 7.05. The van der Waals surface area contributed by atoms with Gasteiger partial charge in [-0.2, -0.15) is 0 Å². The molecule has 1 aromatic heterocycles. The van der Waals surface area contributed by atoms with Crippen LogP contribution in [0, 0.1) is 0 Å². The molecule has 1 heterocycles. The van der Waals surface area contributed by atoms with E-state index in [0.29, 0.717) is 28.0 Å². The molecule has 136 valence electrons. The number of halogens is 2. The molecule has 0 unspecified atom stereocenters. The van der Waals surface area contributed by atoms with Crippen LogP contribution < -0.4 is 15.8 Å². The summed E-state index contributed by atoms with van der Waals surface area (Å²) in [4.78, 5) is 4.21. The highest BCUT2D eigenvalue weighted by Gasteiger charge is 2.19. The normalized spacial score (nSPS) is 13.1. The van der Waals surface area contributed by atoms with Crippen molar-refractivity contribution in [3.05, 3.63) is 69.9 Å². The summed E-state index contributed by atoms with van der Waals surface area (Å²) in [5.74, 6) is 1.09. The molecule has 3 rings (SSSR count). The van der Waals surface area contributed by atoms with Crippen LogP contribution in [-0.2, 0) is 6.42 Å². The molecule has 4 nitrogen and oxygen atoms in total. The SMILES string of the molecule is C=C(N)NC(Cc1c(Cl)ccc(-c2cncc(OC)c2)c1Cl)=C1CCC1. The maximum atomic E-state index is 6.73. The average Bonchev–Trinajstić information content (AvgIpc) is 2.56. The lowest BCUT2D eigenvalue weighted by atomic mass is 9.88. The Hall–Kier alpha value is -2.17. The van der Waals surface area contributed by atoms with E-state index in [1.54, 1.807) is 19.5 Å². The van der Waals surface area contributed by atoms with Crippen molar-refractivity contribution < 1.29 is 4.74 Å². The van der Waals surface area contributed by atoms with Crippen molar-refractivity contribution in [2.24, 2.45) is 5.73 Å². The monoisotopic (exact) mass is 389 g/mol. The number of hydrogen-bond acceptors (Lipinski definition) is 4. The van der Waals surface area contributed by atoms with E-state index < -0.39 is 0 Å². The van der Waals surface area contributed by atoms with Gasteiger partial charge in [-0.15, -0.1) is 0 Å². The fourth-order valence-electron chi connectivity index (χ4n) is 2.94. The van der Waals surface area contributed by atoms with E-state index in [2.05, 4.69) is 16.9 Å². The number of hydrogen-bond donors (Lipinski definition) is 2. The predicted octanol–water partition coefficient (Wildman–Crippen LogP) is 5.06. The Kier molecular flexibility index (Phi) is 5.74. The molecule has 0 saturated heterocycles. The summed E-state index contributed by atoms with van der Waals surface area (Å²) in [7, 11) is 1.61. The number of nitrogens with zero attached hydrogens (tertiary/aromatic N) is 1. The number of nitrogens with one attached hydrogen (secondary N) is 1. The highest BCUT2D eigenvalue weighted by Crippen LogP contribution is 2.38. The number of benzene rings is 1. The van der Waals surface area contributed by atoms with Gasteiger partial charge in [0.2, 0.25) is 0 Å². The molecule has 0 spiro atoms. The molecule has 0 aliphatic heterocycles. The first-order chi connectivity index (χ1) is 12.5. The summed E-state index contributed by atoms with van der Waals surface area (Å²) in [6.45, 7) is 3.75. The maximum Gasteiger partial charge on any atom is 0.137 e. The second kappa shape index (κ2) is 8.02. The van der Waals surface area contributed by atoms with Gasteiger partial charge >= 0.3 is 0 Å². The van der Waals surface area contributed by atoms with E-state index in [0.717, 1.165) is 35.2 Å². The van der Waals surface area contributed by atoms with Crippen molar-refractivity contribution in [3.8, 4) is 16.9 Å². The lowest BCUT2D eigenvalue weighted by Gasteiger charge is -2.24. The van der Waals surface area contributed by atoms with Crippen LogP contribution >= 0.6 is 23.2 Å². The van der Waals surface area contributed by atoms with Gasteiger partial charge in [0.1, 0.15) is 5.75 Å². The first-order valence-electron chi connectivity index (χ1n) is 8.38. The molecular weight excluding hydrogens is 369 g/mol. The molecule has 6 heteroatoms. The van der Waals surface area contributed by atoms with Gasteiger partial charge in [-0.1, -0.05) is 41.4 Å². The predicted molar refractivity (Wildman–Crippen MR) is 107 cm³/mol. The van der Waals surface area contributed by atoms with Crippen molar-refractivity contribution >= 4 is 23.2 Å². The summed E-state index contributed by atoms with van der Waals surface area (Å²) in [5, 5.41) is 4.40. The van der Waals surface area contributed by atoms with E-state index in [1.807, 2.05) is 18.2 Å². The van der Waals surface area contributed by atoms with Crippen molar-refractivity contribution in [1.82, 2.24) is 10.3 Å². The van der Waals surface area contributed by atoms with Gasteiger partial charge < -0.3 is 15.8 Å². The smallest absolute Gasteiger partial charge is 0.137 e. The third-order valence-electron chi connectivity index (χ3n) is 4.49.